The molecule has 0 saturated carbocycles. The average Bonchev–Trinajstić information content (AvgIpc) is 2.91. The zero-order valence-electron chi connectivity index (χ0n) is 12.9. The summed E-state index contributed by atoms with van der Waals surface area (Å²) in [6, 6.07) is 5.16. The average molecular weight is 321 g/mol. The van der Waals surface area contributed by atoms with Crippen LogP contribution < -0.4 is 10.1 Å². The normalized spacial score (nSPS) is 10.3. The quantitative estimate of drug-likeness (QED) is 0.908. The van der Waals surface area contributed by atoms with Gasteiger partial charge in [-0.2, -0.15) is 0 Å². The summed E-state index contributed by atoms with van der Waals surface area (Å²) >= 11 is 0. The molecule has 0 aliphatic rings. The van der Waals surface area contributed by atoms with Gasteiger partial charge in [0, 0.05) is 13.1 Å². The minimum atomic E-state index is -0.565. The van der Waals surface area contributed by atoms with Gasteiger partial charge in [-0.1, -0.05) is 5.16 Å². The summed E-state index contributed by atoms with van der Waals surface area (Å²) in [5, 5.41) is 6.12. The van der Waals surface area contributed by atoms with Crippen LogP contribution >= 0.6 is 0 Å². The minimum Gasteiger partial charge on any atom is -0.496 e. The van der Waals surface area contributed by atoms with Gasteiger partial charge in [-0.15, -0.1) is 0 Å². The largest absolute Gasteiger partial charge is 0.496 e. The van der Waals surface area contributed by atoms with E-state index >= 15 is 0 Å². The van der Waals surface area contributed by atoms with E-state index < -0.39 is 17.6 Å². The number of halogens is 1. The van der Waals surface area contributed by atoms with E-state index in [2.05, 4.69) is 10.5 Å². The number of methoxy groups -OCH3 is 1. The Balaban J connectivity index is 2.05. The number of aryl methyl sites for hydroxylation is 1. The van der Waals surface area contributed by atoms with Crippen LogP contribution in [0.3, 0.4) is 0 Å². The highest BCUT2D eigenvalue weighted by molar-refractivity contribution is 6.00. The fourth-order valence-electron chi connectivity index (χ4n) is 1.95. The standard InChI is InChI=1S/C15H16FN3O4/c1-9-6-13(18-23-9)17-14(20)8-19(2)15(21)11-7-10(16)4-5-12(11)22-3/h4-7H,8H2,1-3H3,(H,17,18,20). The van der Waals surface area contributed by atoms with Crippen LogP contribution in [0.1, 0.15) is 16.1 Å². The Labute approximate surface area is 132 Å². The molecule has 2 amide bonds. The van der Waals surface area contributed by atoms with Crippen molar-refractivity contribution in [1.29, 1.82) is 0 Å². The maximum absolute atomic E-state index is 13.3. The molecule has 0 aliphatic heterocycles. The number of hydrogen-bond donors (Lipinski definition) is 1. The molecule has 0 aliphatic carbocycles. The lowest BCUT2D eigenvalue weighted by Gasteiger charge is -2.18. The van der Waals surface area contributed by atoms with E-state index in [1.54, 1.807) is 13.0 Å². The summed E-state index contributed by atoms with van der Waals surface area (Å²) in [4.78, 5) is 25.4. The van der Waals surface area contributed by atoms with Crippen LogP contribution in [0.25, 0.3) is 0 Å². The Morgan fingerprint density at radius 3 is 2.74 bits per heavy atom. The first kappa shape index (κ1) is 16.5. The number of hydrogen-bond acceptors (Lipinski definition) is 5. The van der Waals surface area contributed by atoms with E-state index in [0.29, 0.717) is 5.76 Å². The van der Waals surface area contributed by atoms with Crippen LogP contribution in [0.15, 0.2) is 28.8 Å². The number of ether oxygens (including phenoxy) is 1. The lowest BCUT2D eigenvalue weighted by molar-refractivity contribution is -0.116. The van der Waals surface area contributed by atoms with Gasteiger partial charge in [-0.05, 0) is 25.1 Å². The Kier molecular flexibility index (Phi) is 4.95. The number of carbonyl (C=O) groups excluding carboxylic acids is 2. The molecule has 0 spiro atoms. The number of aromatic nitrogens is 1. The molecule has 0 bridgehead atoms. The van der Waals surface area contributed by atoms with Gasteiger partial charge in [0.1, 0.15) is 17.3 Å². The maximum Gasteiger partial charge on any atom is 0.257 e. The smallest absolute Gasteiger partial charge is 0.257 e. The molecule has 1 aromatic heterocycles. The van der Waals surface area contributed by atoms with Crippen LogP contribution in [-0.4, -0.2) is 42.6 Å². The first-order valence-electron chi connectivity index (χ1n) is 6.73. The molecule has 23 heavy (non-hydrogen) atoms. The second-order valence-electron chi connectivity index (χ2n) is 4.88. The number of benzene rings is 1. The van der Waals surface area contributed by atoms with Crippen LogP contribution in [0.5, 0.6) is 5.75 Å². The molecule has 1 N–H and O–H groups in total. The molecule has 2 aromatic rings. The number of amides is 2. The number of carbonyl (C=O) groups is 2. The molecule has 0 saturated heterocycles. The summed E-state index contributed by atoms with van der Waals surface area (Å²) in [5.74, 6) is -0.510. The van der Waals surface area contributed by atoms with Crippen molar-refractivity contribution in [3.63, 3.8) is 0 Å². The zero-order chi connectivity index (χ0) is 17.0. The van der Waals surface area contributed by atoms with Crippen LogP contribution in [0.2, 0.25) is 0 Å². The molecule has 2 rings (SSSR count). The molecule has 0 radical (unpaired) electrons. The molecule has 122 valence electrons. The minimum absolute atomic E-state index is 0.0417. The van der Waals surface area contributed by atoms with Gasteiger partial charge in [0.2, 0.25) is 5.91 Å². The SMILES string of the molecule is COc1ccc(F)cc1C(=O)N(C)CC(=O)Nc1cc(C)on1. The van der Waals surface area contributed by atoms with Crippen molar-refractivity contribution in [3.8, 4) is 5.75 Å². The Hall–Kier alpha value is -2.90. The van der Waals surface area contributed by atoms with Crippen molar-refractivity contribution in [2.45, 2.75) is 6.92 Å². The first-order valence-corrected chi connectivity index (χ1v) is 6.73. The van der Waals surface area contributed by atoms with Gasteiger partial charge in [0.15, 0.2) is 5.82 Å². The van der Waals surface area contributed by atoms with Gasteiger partial charge in [0.05, 0.1) is 19.2 Å². The van der Waals surface area contributed by atoms with Crippen LogP contribution in [0, 0.1) is 12.7 Å². The van der Waals surface area contributed by atoms with Gasteiger partial charge >= 0.3 is 0 Å². The van der Waals surface area contributed by atoms with E-state index in [1.807, 2.05) is 0 Å². The summed E-state index contributed by atoms with van der Waals surface area (Å²) in [7, 11) is 2.81. The van der Waals surface area contributed by atoms with Gasteiger partial charge in [-0.3, -0.25) is 9.59 Å². The molecule has 1 heterocycles. The predicted molar refractivity (Wildman–Crippen MR) is 79.8 cm³/mol. The van der Waals surface area contributed by atoms with E-state index in [1.165, 1.54) is 26.3 Å². The van der Waals surface area contributed by atoms with Crippen molar-refractivity contribution in [2.24, 2.45) is 0 Å². The third-order valence-electron chi connectivity index (χ3n) is 3.01. The Bertz CT molecular complexity index is 729. The topological polar surface area (TPSA) is 84.7 Å². The van der Waals surface area contributed by atoms with Gasteiger partial charge < -0.3 is 19.5 Å². The van der Waals surface area contributed by atoms with Crippen LogP contribution in [-0.2, 0) is 4.79 Å². The molecular formula is C15H16FN3O4. The second-order valence-corrected chi connectivity index (χ2v) is 4.88. The number of nitrogens with zero attached hydrogens (tertiary/aromatic N) is 2. The maximum atomic E-state index is 13.3. The predicted octanol–water partition coefficient (Wildman–Crippen LogP) is 1.84. The van der Waals surface area contributed by atoms with Crippen molar-refractivity contribution in [1.82, 2.24) is 10.1 Å². The highest BCUT2D eigenvalue weighted by Gasteiger charge is 2.20. The molecule has 8 heteroatoms. The van der Waals surface area contributed by atoms with E-state index in [0.717, 1.165) is 11.0 Å². The van der Waals surface area contributed by atoms with Crippen molar-refractivity contribution >= 4 is 17.6 Å². The lowest BCUT2D eigenvalue weighted by atomic mass is 10.1. The molecule has 1 aromatic carbocycles. The summed E-state index contributed by atoms with van der Waals surface area (Å²) < 4.78 is 23.2. The third-order valence-corrected chi connectivity index (χ3v) is 3.01. The highest BCUT2D eigenvalue weighted by Crippen LogP contribution is 2.20. The Morgan fingerprint density at radius 1 is 1.39 bits per heavy atom. The lowest BCUT2D eigenvalue weighted by Crippen LogP contribution is -2.35. The van der Waals surface area contributed by atoms with Crippen LogP contribution in [0.4, 0.5) is 10.2 Å². The van der Waals surface area contributed by atoms with Crippen molar-refractivity contribution in [2.75, 3.05) is 26.0 Å². The number of rotatable bonds is 5. The highest BCUT2D eigenvalue weighted by atomic mass is 19.1. The van der Waals surface area contributed by atoms with E-state index in [-0.39, 0.29) is 23.7 Å². The molecule has 7 nitrogen and oxygen atoms in total. The molecule has 0 fully saturated rings. The molecular weight excluding hydrogens is 305 g/mol. The van der Waals surface area contributed by atoms with Crippen molar-refractivity contribution in [3.05, 3.63) is 41.4 Å². The van der Waals surface area contributed by atoms with Gasteiger partial charge in [0.25, 0.3) is 5.91 Å². The fraction of sp³-hybridized carbons (Fsp3) is 0.267. The number of nitrogens with one attached hydrogen (secondary N) is 1. The van der Waals surface area contributed by atoms with E-state index in [9.17, 15) is 14.0 Å². The Morgan fingerprint density at radius 2 is 2.13 bits per heavy atom. The third kappa shape index (κ3) is 4.06. The second kappa shape index (κ2) is 6.91. The fourth-order valence-corrected chi connectivity index (χ4v) is 1.95. The number of likely N-dealkylation sites (N-methyl/N-ethyl adjacent to an activating group) is 1. The first-order chi connectivity index (χ1) is 10.9. The monoisotopic (exact) mass is 321 g/mol. The van der Waals surface area contributed by atoms with Crippen molar-refractivity contribution < 1.29 is 23.2 Å². The summed E-state index contributed by atoms with van der Waals surface area (Å²) in [6.07, 6.45) is 0. The number of anilines is 1. The summed E-state index contributed by atoms with van der Waals surface area (Å²) in [6.45, 7) is 1.46. The molecule has 0 atom stereocenters. The zero-order valence-corrected chi connectivity index (χ0v) is 12.9. The van der Waals surface area contributed by atoms with Gasteiger partial charge in [-0.25, -0.2) is 4.39 Å². The molecule has 0 unspecified atom stereocenters. The van der Waals surface area contributed by atoms with E-state index in [4.69, 9.17) is 9.26 Å². The summed E-state index contributed by atoms with van der Waals surface area (Å²) in [5.41, 5.74) is 0.0417.